The van der Waals surface area contributed by atoms with Crippen LogP contribution in [0.3, 0.4) is 0 Å². The number of nitrogens with zero attached hydrogens (tertiary/aromatic N) is 2. The van der Waals surface area contributed by atoms with Crippen molar-refractivity contribution in [2.24, 2.45) is 4.99 Å². The van der Waals surface area contributed by atoms with E-state index < -0.39 is 0 Å². The fourth-order valence-electron chi connectivity index (χ4n) is 3.02. The first-order valence-corrected chi connectivity index (χ1v) is 9.09. The fraction of sp³-hybridized carbons (Fsp3) is 0.400. The quantitative estimate of drug-likeness (QED) is 0.362. The SMILES string of the molecule is CCOc1cc2c(cc1CNC(=NC)NCc1ncccc1F)OC(C)C2.I. The van der Waals surface area contributed by atoms with Gasteiger partial charge in [0.1, 0.15) is 23.4 Å². The second-order valence-corrected chi connectivity index (χ2v) is 6.34. The molecule has 1 aliphatic heterocycles. The predicted molar refractivity (Wildman–Crippen MR) is 118 cm³/mol. The minimum Gasteiger partial charge on any atom is -0.494 e. The van der Waals surface area contributed by atoms with Crippen molar-refractivity contribution in [3.8, 4) is 11.5 Å². The average Bonchev–Trinajstić information content (AvgIpc) is 3.02. The summed E-state index contributed by atoms with van der Waals surface area (Å²) in [4.78, 5) is 8.21. The minimum atomic E-state index is -0.344. The first kappa shape index (κ1) is 22.2. The molecule has 8 heteroatoms. The van der Waals surface area contributed by atoms with Gasteiger partial charge in [-0.05, 0) is 38.1 Å². The first-order chi connectivity index (χ1) is 13.1. The van der Waals surface area contributed by atoms with E-state index in [1.165, 1.54) is 11.6 Å². The first-order valence-electron chi connectivity index (χ1n) is 9.09. The van der Waals surface area contributed by atoms with Crippen LogP contribution in [0, 0.1) is 5.82 Å². The van der Waals surface area contributed by atoms with Gasteiger partial charge in [0.25, 0.3) is 0 Å². The Hall–Kier alpha value is -2.10. The van der Waals surface area contributed by atoms with E-state index in [1.54, 1.807) is 19.3 Å². The van der Waals surface area contributed by atoms with Crippen molar-refractivity contribution < 1.29 is 13.9 Å². The highest BCUT2D eigenvalue weighted by molar-refractivity contribution is 14.0. The summed E-state index contributed by atoms with van der Waals surface area (Å²) < 4.78 is 25.3. The number of hydrogen-bond donors (Lipinski definition) is 2. The van der Waals surface area contributed by atoms with Gasteiger partial charge in [-0.3, -0.25) is 9.98 Å². The van der Waals surface area contributed by atoms with Crippen LogP contribution in [0.2, 0.25) is 0 Å². The Balaban J connectivity index is 0.00000280. The normalized spacial score (nSPS) is 15.3. The molecular weight excluding hydrogens is 474 g/mol. The number of aliphatic imine (C=N–C) groups is 1. The van der Waals surface area contributed by atoms with Crippen LogP contribution in [-0.4, -0.2) is 30.7 Å². The van der Waals surface area contributed by atoms with E-state index in [0.717, 1.165) is 23.5 Å². The Bertz CT molecular complexity index is 832. The molecule has 2 aromatic rings. The van der Waals surface area contributed by atoms with Crippen molar-refractivity contribution in [1.29, 1.82) is 0 Å². The lowest BCUT2D eigenvalue weighted by atomic mass is 10.1. The summed E-state index contributed by atoms with van der Waals surface area (Å²) in [5.74, 6) is 1.95. The summed E-state index contributed by atoms with van der Waals surface area (Å²) in [5.41, 5.74) is 2.50. The number of benzene rings is 1. The summed E-state index contributed by atoms with van der Waals surface area (Å²) in [6.07, 6.45) is 2.64. The molecule has 152 valence electrons. The molecule has 1 atom stereocenters. The Labute approximate surface area is 182 Å². The number of guanidine groups is 1. The van der Waals surface area contributed by atoms with Crippen molar-refractivity contribution in [3.63, 3.8) is 0 Å². The summed E-state index contributed by atoms with van der Waals surface area (Å²) in [6.45, 7) is 5.36. The van der Waals surface area contributed by atoms with Gasteiger partial charge in [0.05, 0.1) is 18.8 Å². The number of fused-ring (bicyclic) bond motifs is 1. The molecule has 1 aromatic carbocycles. The fourth-order valence-corrected chi connectivity index (χ4v) is 3.02. The molecule has 1 aliphatic rings. The Kier molecular flexibility index (Phi) is 8.28. The van der Waals surface area contributed by atoms with Gasteiger partial charge in [0.2, 0.25) is 0 Å². The number of rotatable bonds is 6. The van der Waals surface area contributed by atoms with Gasteiger partial charge >= 0.3 is 0 Å². The standard InChI is InChI=1S/C20H25FN4O2.HI/c1-4-26-18-9-14-8-13(2)27-19(14)10-15(18)11-24-20(22-3)25-12-17-16(21)6-5-7-23-17;/h5-7,9-10,13H,4,8,11-12H2,1-3H3,(H2,22,24,25);1H. The lowest BCUT2D eigenvalue weighted by Gasteiger charge is -2.15. The second kappa shape index (κ2) is 10.4. The van der Waals surface area contributed by atoms with Gasteiger partial charge in [0.15, 0.2) is 5.96 Å². The van der Waals surface area contributed by atoms with Gasteiger partial charge in [-0.15, -0.1) is 24.0 Å². The summed E-state index contributed by atoms with van der Waals surface area (Å²) in [5, 5.41) is 6.30. The molecule has 3 rings (SSSR count). The van der Waals surface area contributed by atoms with E-state index in [4.69, 9.17) is 9.47 Å². The van der Waals surface area contributed by atoms with Crippen LogP contribution >= 0.6 is 24.0 Å². The molecule has 2 N–H and O–H groups in total. The van der Waals surface area contributed by atoms with Gasteiger partial charge in [-0.1, -0.05) is 0 Å². The molecule has 0 amide bonds. The molecular formula is C20H26FIN4O2. The van der Waals surface area contributed by atoms with E-state index in [2.05, 4.69) is 33.6 Å². The molecule has 0 fully saturated rings. The zero-order valence-corrected chi connectivity index (χ0v) is 18.6. The molecule has 0 saturated heterocycles. The van der Waals surface area contributed by atoms with Crippen LogP contribution in [-0.2, 0) is 19.5 Å². The van der Waals surface area contributed by atoms with Gasteiger partial charge < -0.3 is 20.1 Å². The summed E-state index contributed by atoms with van der Waals surface area (Å²) in [6, 6.07) is 7.03. The number of nitrogens with one attached hydrogen (secondary N) is 2. The average molecular weight is 500 g/mol. The molecule has 6 nitrogen and oxygen atoms in total. The summed E-state index contributed by atoms with van der Waals surface area (Å²) in [7, 11) is 1.67. The minimum absolute atomic E-state index is 0. The zero-order chi connectivity index (χ0) is 19.2. The Morgan fingerprint density at radius 3 is 2.86 bits per heavy atom. The maximum atomic E-state index is 13.7. The number of halogens is 2. The Morgan fingerprint density at radius 2 is 2.14 bits per heavy atom. The topological polar surface area (TPSA) is 67.8 Å². The smallest absolute Gasteiger partial charge is 0.191 e. The number of ether oxygens (including phenoxy) is 2. The zero-order valence-electron chi connectivity index (χ0n) is 16.3. The van der Waals surface area contributed by atoms with E-state index in [1.807, 2.05) is 13.0 Å². The highest BCUT2D eigenvalue weighted by Gasteiger charge is 2.21. The maximum absolute atomic E-state index is 13.7. The van der Waals surface area contributed by atoms with Crippen molar-refractivity contribution in [2.75, 3.05) is 13.7 Å². The number of hydrogen-bond acceptors (Lipinski definition) is 4. The van der Waals surface area contributed by atoms with Gasteiger partial charge in [-0.2, -0.15) is 0 Å². The van der Waals surface area contributed by atoms with Crippen LogP contribution < -0.4 is 20.1 Å². The van der Waals surface area contributed by atoms with E-state index in [0.29, 0.717) is 24.8 Å². The lowest BCUT2D eigenvalue weighted by Crippen LogP contribution is -2.36. The molecule has 1 aromatic heterocycles. The van der Waals surface area contributed by atoms with E-state index in [9.17, 15) is 4.39 Å². The van der Waals surface area contributed by atoms with Crippen LogP contribution in [0.15, 0.2) is 35.5 Å². The van der Waals surface area contributed by atoms with Crippen LogP contribution in [0.5, 0.6) is 11.5 Å². The maximum Gasteiger partial charge on any atom is 0.191 e. The van der Waals surface area contributed by atoms with E-state index in [-0.39, 0.29) is 42.4 Å². The largest absolute Gasteiger partial charge is 0.494 e. The lowest BCUT2D eigenvalue weighted by molar-refractivity contribution is 0.254. The number of aromatic nitrogens is 1. The van der Waals surface area contributed by atoms with Crippen LogP contribution in [0.1, 0.15) is 30.7 Å². The second-order valence-electron chi connectivity index (χ2n) is 6.34. The van der Waals surface area contributed by atoms with E-state index >= 15 is 0 Å². The summed E-state index contributed by atoms with van der Waals surface area (Å²) >= 11 is 0. The monoisotopic (exact) mass is 500 g/mol. The van der Waals surface area contributed by atoms with Crippen molar-refractivity contribution in [3.05, 3.63) is 53.1 Å². The third-order valence-corrected chi connectivity index (χ3v) is 4.31. The molecule has 1 unspecified atom stereocenters. The predicted octanol–water partition coefficient (Wildman–Crippen LogP) is 3.43. The van der Waals surface area contributed by atoms with Gasteiger partial charge in [-0.25, -0.2) is 4.39 Å². The Morgan fingerprint density at radius 1 is 1.36 bits per heavy atom. The van der Waals surface area contributed by atoms with Crippen LogP contribution in [0.25, 0.3) is 0 Å². The van der Waals surface area contributed by atoms with Crippen LogP contribution in [0.4, 0.5) is 4.39 Å². The highest BCUT2D eigenvalue weighted by Crippen LogP contribution is 2.35. The molecule has 0 radical (unpaired) electrons. The third-order valence-electron chi connectivity index (χ3n) is 4.31. The molecule has 0 bridgehead atoms. The molecule has 2 heterocycles. The number of pyridine rings is 1. The van der Waals surface area contributed by atoms with Crippen molar-refractivity contribution in [1.82, 2.24) is 15.6 Å². The molecule has 0 saturated carbocycles. The highest BCUT2D eigenvalue weighted by atomic mass is 127. The molecule has 0 spiro atoms. The third kappa shape index (κ3) is 5.46. The van der Waals surface area contributed by atoms with Gasteiger partial charge in [0, 0.05) is 37.3 Å². The van der Waals surface area contributed by atoms with Crippen molar-refractivity contribution >= 4 is 29.9 Å². The van der Waals surface area contributed by atoms with Crippen molar-refractivity contribution in [2.45, 2.75) is 39.5 Å². The molecule has 0 aliphatic carbocycles. The molecule has 28 heavy (non-hydrogen) atoms.